The average Bonchev–Trinajstić information content (AvgIpc) is 2.48. The number of hydrogen-bond donors (Lipinski definition) is 1. The smallest absolute Gasteiger partial charge is 0.162 e. The highest BCUT2D eigenvalue weighted by Crippen LogP contribution is 2.35. The fourth-order valence-corrected chi connectivity index (χ4v) is 2.52. The minimum absolute atomic E-state index is 0.199. The van der Waals surface area contributed by atoms with Crippen molar-refractivity contribution < 1.29 is 9.90 Å². The third-order valence-electron chi connectivity index (χ3n) is 3.21. The predicted octanol–water partition coefficient (Wildman–Crippen LogP) is 2.74. The second kappa shape index (κ2) is 3.52. The van der Waals surface area contributed by atoms with Crippen LogP contribution in [0.3, 0.4) is 0 Å². The van der Waals surface area contributed by atoms with E-state index in [-0.39, 0.29) is 5.78 Å². The fourth-order valence-electron chi connectivity index (χ4n) is 2.52. The number of Topliss-reactive ketones (excluding diaryl/α,β-unsaturated/α-hetero) is 1. The highest BCUT2D eigenvalue weighted by atomic mass is 16.3. The van der Waals surface area contributed by atoms with E-state index in [2.05, 4.69) is 0 Å². The SMILES string of the molecule is O=C1CCC(O)=C1C1CCCCC1. The van der Waals surface area contributed by atoms with Crippen molar-refractivity contribution in [2.45, 2.75) is 44.9 Å². The molecule has 1 fully saturated rings. The molecule has 0 aromatic rings. The van der Waals surface area contributed by atoms with Crippen LogP contribution in [0.25, 0.3) is 0 Å². The maximum absolute atomic E-state index is 11.5. The molecule has 2 rings (SSSR count). The standard InChI is InChI=1S/C11H16O2/c12-9-6-7-10(13)11(9)8-4-2-1-3-5-8/h8,12H,1-7H2. The lowest BCUT2D eigenvalue weighted by Gasteiger charge is -2.22. The Morgan fingerprint density at radius 2 is 1.77 bits per heavy atom. The van der Waals surface area contributed by atoms with Crippen molar-refractivity contribution in [2.24, 2.45) is 5.92 Å². The summed E-state index contributed by atoms with van der Waals surface area (Å²) in [4.78, 5) is 11.5. The van der Waals surface area contributed by atoms with Gasteiger partial charge in [-0.15, -0.1) is 0 Å². The molecule has 72 valence electrons. The van der Waals surface area contributed by atoms with E-state index in [9.17, 15) is 9.90 Å². The number of ketones is 1. The van der Waals surface area contributed by atoms with Gasteiger partial charge in [-0.3, -0.25) is 4.79 Å². The molecule has 0 aliphatic heterocycles. The van der Waals surface area contributed by atoms with Gasteiger partial charge in [0.05, 0.1) is 5.76 Å². The van der Waals surface area contributed by atoms with Gasteiger partial charge in [0.2, 0.25) is 0 Å². The van der Waals surface area contributed by atoms with E-state index in [4.69, 9.17) is 0 Å². The van der Waals surface area contributed by atoms with Crippen molar-refractivity contribution in [1.29, 1.82) is 0 Å². The van der Waals surface area contributed by atoms with Crippen molar-refractivity contribution in [3.05, 3.63) is 11.3 Å². The Morgan fingerprint density at radius 1 is 1.08 bits per heavy atom. The van der Waals surface area contributed by atoms with E-state index in [1.807, 2.05) is 0 Å². The molecule has 0 unspecified atom stereocenters. The summed E-state index contributed by atoms with van der Waals surface area (Å²) in [5.74, 6) is 0.963. The topological polar surface area (TPSA) is 37.3 Å². The Balaban J connectivity index is 2.13. The quantitative estimate of drug-likeness (QED) is 0.673. The van der Waals surface area contributed by atoms with Crippen LogP contribution in [0, 0.1) is 5.92 Å². The summed E-state index contributed by atoms with van der Waals surface area (Å²) in [6.45, 7) is 0. The van der Waals surface area contributed by atoms with Gasteiger partial charge in [-0.25, -0.2) is 0 Å². The third-order valence-corrected chi connectivity index (χ3v) is 3.21. The van der Waals surface area contributed by atoms with Crippen LogP contribution >= 0.6 is 0 Å². The molecule has 0 saturated heterocycles. The van der Waals surface area contributed by atoms with Crippen LogP contribution in [0.2, 0.25) is 0 Å². The first-order valence-corrected chi connectivity index (χ1v) is 5.24. The van der Waals surface area contributed by atoms with Gasteiger partial charge >= 0.3 is 0 Å². The molecule has 2 aliphatic rings. The zero-order valence-electron chi connectivity index (χ0n) is 7.88. The number of carbonyl (C=O) groups excluding carboxylic acids is 1. The van der Waals surface area contributed by atoms with Gasteiger partial charge in [0.25, 0.3) is 0 Å². The monoisotopic (exact) mass is 180 g/mol. The molecule has 0 spiro atoms. The van der Waals surface area contributed by atoms with E-state index >= 15 is 0 Å². The molecule has 1 N–H and O–H groups in total. The molecule has 0 aromatic heterocycles. The average molecular weight is 180 g/mol. The lowest BCUT2D eigenvalue weighted by molar-refractivity contribution is -0.115. The molecule has 2 heteroatoms. The summed E-state index contributed by atoms with van der Waals surface area (Å²) in [6, 6.07) is 0. The molecule has 2 aliphatic carbocycles. The summed E-state index contributed by atoms with van der Waals surface area (Å²) in [5, 5.41) is 9.57. The highest BCUT2D eigenvalue weighted by molar-refractivity contribution is 5.98. The van der Waals surface area contributed by atoms with Crippen molar-refractivity contribution in [3.63, 3.8) is 0 Å². The van der Waals surface area contributed by atoms with Crippen molar-refractivity contribution in [2.75, 3.05) is 0 Å². The summed E-state index contributed by atoms with van der Waals surface area (Å²) < 4.78 is 0. The first kappa shape index (κ1) is 8.79. The first-order chi connectivity index (χ1) is 6.29. The van der Waals surface area contributed by atoms with E-state index in [0.717, 1.165) is 18.4 Å². The van der Waals surface area contributed by atoms with Crippen molar-refractivity contribution >= 4 is 5.78 Å². The Morgan fingerprint density at radius 3 is 2.31 bits per heavy atom. The molecule has 0 bridgehead atoms. The summed E-state index contributed by atoms with van der Waals surface area (Å²) in [7, 11) is 0. The molecule has 0 heterocycles. The first-order valence-electron chi connectivity index (χ1n) is 5.24. The number of rotatable bonds is 1. The van der Waals surface area contributed by atoms with Gasteiger partial charge in [-0.05, 0) is 18.8 Å². The lowest BCUT2D eigenvalue weighted by atomic mass is 9.83. The van der Waals surface area contributed by atoms with Crippen LogP contribution in [0.5, 0.6) is 0 Å². The van der Waals surface area contributed by atoms with Crippen LogP contribution in [0.4, 0.5) is 0 Å². The number of allylic oxidation sites excluding steroid dienone is 2. The molecule has 1 saturated carbocycles. The molecular weight excluding hydrogens is 164 g/mol. The van der Waals surface area contributed by atoms with E-state index in [0.29, 0.717) is 24.5 Å². The molecule has 0 amide bonds. The van der Waals surface area contributed by atoms with E-state index < -0.39 is 0 Å². The summed E-state index contributed by atoms with van der Waals surface area (Å²) in [6.07, 6.45) is 7.06. The van der Waals surface area contributed by atoms with Gasteiger partial charge in [-0.2, -0.15) is 0 Å². The van der Waals surface area contributed by atoms with Gasteiger partial charge in [0.15, 0.2) is 5.78 Å². The zero-order chi connectivity index (χ0) is 9.26. The van der Waals surface area contributed by atoms with E-state index in [1.54, 1.807) is 0 Å². The zero-order valence-corrected chi connectivity index (χ0v) is 7.88. The number of aliphatic hydroxyl groups excluding tert-OH is 1. The molecule has 0 radical (unpaired) electrons. The van der Waals surface area contributed by atoms with Gasteiger partial charge in [0.1, 0.15) is 0 Å². The molecule has 13 heavy (non-hydrogen) atoms. The maximum Gasteiger partial charge on any atom is 0.162 e. The normalized spacial score (nSPS) is 25.7. The second-order valence-corrected chi connectivity index (χ2v) is 4.12. The number of carbonyl (C=O) groups is 1. The Hall–Kier alpha value is -0.790. The number of aliphatic hydroxyl groups is 1. The van der Waals surface area contributed by atoms with Gasteiger partial charge in [0, 0.05) is 18.4 Å². The molecule has 2 nitrogen and oxygen atoms in total. The number of hydrogen-bond acceptors (Lipinski definition) is 2. The Kier molecular flexibility index (Phi) is 2.38. The third kappa shape index (κ3) is 1.62. The van der Waals surface area contributed by atoms with Gasteiger partial charge in [-0.1, -0.05) is 19.3 Å². The molecular formula is C11H16O2. The largest absolute Gasteiger partial charge is 0.512 e. The van der Waals surface area contributed by atoms with E-state index in [1.165, 1.54) is 19.3 Å². The minimum atomic E-state index is 0.199. The Bertz CT molecular complexity index is 247. The van der Waals surface area contributed by atoms with Crippen LogP contribution in [0.15, 0.2) is 11.3 Å². The maximum atomic E-state index is 11.5. The van der Waals surface area contributed by atoms with Gasteiger partial charge < -0.3 is 5.11 Å². The molecule has 0 atom stereocenters. The Labute approximate surface area is 78.6 Å². The summed E-state index contributed by atoms with van der Waals surface area (Å²) in [5.41, 5.74) is 0.778. The fraction of sp³-hybridized carbons (Fsp3) is 0.727. The highest BCUT2D eigenvalue weighted by Gasteiger charge is 2.30. The summed E-state index contributed by atoms with van der Waals surface area (Å²) >= 11 is 0. The second-order valence-electron chi connectivity index (χ2n) is 4.12. The van der Waals surface area contributed by atoms with Crippen LogP contribution in [-0.2, 0) is 4.79 Å². The lowest BCUT2D eigenvalue weighted by Crippen LogP contribution is -2.14. The van der Waals surface area contributed by atoms with Crippen LogP contribution < -0.4 is 0 Å². The minimum Gasteiger partial charge on any atom is -0.512 e. The van der Waals surface area contributed by atoms with Crippen molar-refractivity contribution in [3.8, 4) is 0 Å². The van der Waals surface area contributed by atoms with Crippen LogP contribution in [-0.4, -0.2) is 10.9 Å². The van der Waals surface area contributed by atoms with Crippen LogP contribution in [0.1, 0.15) is 44.9 Å². The van der Waals surface area contributed by atoms with Crippen molar-refractivity contribution in [1.82, 2.24) is 0 Å². The molecule has 0 aromatic carbocycles. The predicted molar refractivity (Wildman–Crippen MR) is 50.5 cm³/mol.